The van der Waals surface area contributed by atoms with E-state index in [1.165, 1.54) is 0 Å². The first kappa shape index (κ1) is 22.6. The Kier molecular flexibility index (Phi) is 7.42. The molecule has 0 unspecified atom stereocenters. The minimum absolute atomic E-state index is 0.165. The number of carbonyl (C=O) groups is 1. The Morgan fingerprint density at radius 1 is 0.967 bits per heavy atom. The quantitative estimate of drug-likeness (QED) is 0.283. The molecule has 0 aliphatic rings. The zero-order chi connectivity index (χ0) is 21.8. The zero-order valence-electron chi connectivity index (χ0n) is 15.7. The number of benzene rings is 3. The van der Waals surface area contributed by atoms with Crippen molar-refractivity contribution in [2.24, 2.45) is 5.73 Å². The highest BCUT2D eigenvalue weighted by Crippen LogP contribution is 2.35. The summed E-state index contributed by atoms with van der Waals surface area (Å²) in [6.07, 6.45) is 0.723. The van der Waals surface area contributed by atoms with Gasteiger partial charge in [0.2, 0.25) is 0 Å². The molecule has 1 atom stereocenters. The summed E-state index contributed by atoms with van der Waals surface area (Å²) in [6.45, 7) is 0. The number of halogens is 2. The van der Waals surface area contributed by atoms with Crippen molar-refractivity contribution >= 4 is 51.2 Å². The Morgan fingerprint density at radius 2 is 1.60 bits per heavy atom. The van der Waals surface area contributed by atoms with E-state index in [2.05, 4.69) is 45.2 Å². The van der Waals surface area contributed by atoms with Crippen LogP contribution in [-0.4, -0.2) is 27.3 Å². The number of rotatable bonds is 7. The number of hydrogen-bond donors (Lipinski definition) is 4. The van der Waals surface area contributed by atoms with E-state index in [1.807, 2.05) is 12.1 Å². The first-order valence-corrected chi connectivity index (χ1v) is 11.1. The average molecular weight is 631 g/mol. The van der Waals surface area contributed by atoms with E-state index in [9.17, 15) is 15.0 Å². The molecule has 0 bridgehead atoms. The van der Waals surface area contributed by atoms with Crippen LogP contribution < -0.4 is 10.5 Å². The molecule has 0 heterocycles. The van der Waals surface area contributed by atoms with E-state index < -0.39 is 12.0 Å². The Hall–Kier alpha value is -2.05. The van der Waals surface area contributed by atoms with E-state index in [4.69, 9.17) is 15.6 Å². The summed E-state index contributed by atoms with van der Waals surface area (Å²) in [5.74, 6) is 0.554. The van der Waals surface area contributed by atoms with Crippen LogP contribution in [0, 0.1) is 7.14 Å². The lowest BCUT2D eigenvalue weighted by molar-refractivity contribution is -0.138. The lowest BCUT2D eigenvalue weighted by atomic mass is 10.0. The summed E-state index contributed by atoms with van der Waals surface area (Å²) in [7, 11) is 0. The van der Waals surface area contributed by atoms with Gasteiger partial charge in [-0.15, -0.1) is 0 Å². The number of nitrogens with two attached hydrogens (primary N) is 1. The monoisotopic (exact) mass is 631 g/mol. The Balaban J connectivity index is 1.82. The normalized spacial score (nSPS) is 11.8. The summed E-state index contributed by atoms with van der Waals surface area (Å²) in [6, 6.07) is 14.6. The summed E-state index contributed by atoms with van der Waals surface area (Å²) in [4.78, 5) is 11.0. The maximum Gasteiger partial charge on any atom is 0.320 e. The van der Waals surface area contributed by atoms with Gasteiger partial charge in [0, 0.05) is 12.0 Å². The van der Waals surface area contributed by atoms with Gasteiger partial charge < -0.3 is 25.8 Å². The van der Waals surface area contributed by atoms with Crippen molar-refractivity contribution in [1.82, 2.24) is 0 Å². The standard InChI is InChI=1S/C22H19I2NO5/c23-17-8-13(10-19(25)22(28)29)9-18(24)21(17)30-16-5-6-20(27)14(11-16)7-12-1-3-15(26)4-2-12/h1-6,8-9,11,19,26-27H,7,10,25H2,(H,28,29)/t19-/m0/s1. The van der Waals surface area contributed by atoms with Crippen LogP contribution in [0.25, 0.3) is 0 Å². The first-order chi connectivity index (χ1) is 14.2. The van der Waals surface area contributed by atoms with Crippen LogP contribution in [0.3, 0.4) is 0 Å². The molecule has 0 spiro atoms. The van der Waals surface area contributed by atoms with Gasteiger partial charge in [0.15, 0.2) is 5.75 Å². The van der Waals surface area contributed by atoms with E-state index >= 15 is 0 Å². The minimum Gasteiger partial charge on any atom is -0.508 e. The third kappa shape index (κ3) is 5.76. The predicted molar refractivity (Wildman–Crippen MR) is 130 cm³/mol. The summed E-state index contributed by atoms with van der Waals surface area (Å²) < 4.78 is 7.75. The van der Waals surface area contributed by atoms with Crippen molar-refractivity contribution in [3.8, 4) is 23.0 Å². The Labute approximate surface area is 201 Å². The molecule has 5 N–H and O–H groups in total. The molecule has 30 heavy (non-hydrogen) atoms. The summed E-state index contributed by atoms with van der Waals surface area (Å²) in [5.41, 5.74) is 8.11. The third-order valence-electron chi connectivity index (χ3n) is 4.43. The van der Waals surface area contributed by atoms with Gasteiger partial charge in [-0.05, 0) is 105 Å². The van der Waals surface area contributed by atoms with Gasteiger partial charge >= 0.3 is 5.97 Å². The number of aromatic hydroxyl groups is 2. The number of hydrogen-bond acceptors (Lipinski definition) is 5. The molecule has 156 valence electrons. The number of phenols is 2. The van der Waals surface area contributed by atoms with Crippen molar-refractivity contribution in [2.75, 3.05) is 0 Å². The Bertz CT molecular complexity index is 1050. The molecule has 8 heteroatoms. The largest absolute Gasteiger partial charge is 0.508 e. The van der Waals surface area contributed by atoms with E-state index in [-0.39, 0.29) is 17.9 Å². The molecule has 0 saturated carbocycles. The van der Waals surface area contributed by atoms with E-state index in [1.54, 1.807) is 42.5 Å². The molecule has 0 amide bonds. The second kappa shape index (κ2) is 9.84. The van der Waals surface area contributed by atoms with Gasteiger partial charge in [0.05, 0.1) is 7.14 Å². The number of carboxylic acid groups (broad SMARTS) is 1. The maximum absolute atomic E-state index is 11.0. The fourth-order valence-corrected chi connectivity index (χ4v) is 5.00. The number of ether oxygens (including phenoxy) is 1. The molecule has 0 aromatic heterocycles. The predicted octanol–water partition coefficient (Wildman–Crippen LogP) is 4.64. The smallest absolute Gasteiger partial charge is 0.320 e. The van der Waals surface area contributed by atoms with Gasteiger partial charge in [-0.1, -0.05) is 12.1 Å². The van der Waals surface area contributed by atoms with Crippen LogP contribution in [0.4, 0.5) is 0 Å². The molecule has 0 aliphatic carbocycles. The van der Waals surface area contributed by atoms with Gasteiger partial charge in [-0.2, -0.15) is 0 Å². The van der Waals surface area contributed by atoms with Crippen molar-refractivity contribution in [3.05, 3.63) is 78.4 Å². The van der Waals surface area contributed by atoms with Gasteiger partial charge in [-0.3, -0.25) is 4.79 Å². The highest BCUT2D eigenvalue weighted by Gasteiger charge is 2.16. The fraction of sp³-hybridized carbons (Fsp3) is 0.136. The topological polar surface area (TPSA) is 113 Å². The van der Waals surface area contributed by atoms with Crippen LogP contribution in [0.2, 0.25) is 0 Å². The number of aliphatic carboxylic acids is 1. The highest BCUT2D eigenvalue weighted by atomic mass is 127. The van der Waals surface area contributed by atoms with Crippen molar-refractivity contribution in [2.45, 2.75) is 18.9 Å². The molecule has 0 radical (unpaired) electrons. The van der Waals surface area contributed by atoms with E-state index in [0.717, 1.165) is 18.3 Å². The van der Waals surface area contributed by atoms with Crippen LogP contribution >= 0.6 is 45.2 Å². The van der Waals surface area contributed by atoms with Gasteiger partial charge in [0.25, 0.3) is 0 Å². The molecule has 3 rings (SSSR count). The first-order valence-electron chi connectivity index (χ1n) is 8.97. The fourth-order valence-electron chi connectivity index (χ4n) is 2.89. The third-order valence-corrected chi connectivity index (χ3v) is 6.04. The van der Waals surface area contributed by atoms with Gasteiger partial charge in [-0.25, -0.2) is 0 Å². The molecular weight excluding hydrogens is 612 g/mol. The highest BCUT2D eigenvalue weighted by molar-refractivity contribution is 14.1. The average Bonchev–Trinajstić information content (AvgIpc) is 2.68. The van der Waals surface area contributed by atoms with Crippen LogP contribution in [0.15, 0.2) is 54.6 Å². The summed E-state index contributed by atoms with van der Waals surface area (Å²) >= 11 is 4.30. The van der Waals surface area contributed by atoms with Crippen molar-refractivity contribution in [3.63, 3.8) is 0 Å². The molecule has 3 aromatic rings. The zero-order valence-corrected chi connectivity index (χ0v) is 20.0. The second-order valence-electron chi connectivity index (χ2n) is 6.77. The lowest BCUT2D eigenvalue weighted by Gasteiger charge is -2.14. The van der Waals surface area contributed by atoms with E-state index in [0.29, 0.717) is 23.5 Å². The Morgan fingerprint density at radius 3 is 2.20 bits per heavy atom. The summed E-state index contributed by atoms with van der Waals surface area (Å²) in [5, 5.41) is 28.7. The SMILES string of the molecule is N[C@@H](Cc1cc(I)c(Oc2ccc(O)c(Cc3ccc(O)cc3)c2)c(I)c1)C(=O)O. The molecule has 0 saturated heterocycles. The van der Waals surface area contributed by atoms with Crippen LogP contribution in [-0.2, 0) is 17.6 Å². The lowest BCUT2D eigenvalue weighted by Crippen LogP contribution is -2.32. The molecule has 3 aromatic carbocycles. The van der Waals surface area contributed by atoms with Crippen LogP contribution in [0.1, 0.15) is 16.7 Å². The molecule has 0 aliphatic heterocycles. The second-order valence-corrected chi connectivity index (χ2v) is 9.10. The van der Waals surface area contributed by atoms with Crippen molar-refractivity contribution in [1.29, 1.82) is 0 Å². The minimum atomic E-state index is -1.04. The number of carboxylic acids is 1. The molecule has 0 fully saturated rings. The number of phenolic OH excluding ortho intramolecular Hbond substituents is 2. The molecular formula is C22H19I2NO5. The maximum atomic E-state index is 11.0. The van der Waals surface area contributed by atoms with Crippen LogP contribution in [0.5, 0.6) is 23.0 Å². The van der Waals surface area contributed by atoms with Crippen molar-refractivity contribution < 1.29 is 24.9 Å². The molecule has 6 nitrogen and oxygen atoms in total. The van der Waals surface area contributed by atoms with Gasteiger partial charge in [0.1, 0.15) is 23.3 Å².